The Morgan fingerprint density at radius 2 is 2.42 bits per heavy atom. The molecule has 1 unspecified atom stereocenters. The topological polar surface area (TPSA) is 131 Å². The molecule has 3 rings (SSSR count). The van der Waals surface area contributed by atoms with Gasteiger partial charge in [0.1, 0.15) is 12.3 Å². The van der Waals surface area contributed by atoms with Crippen LogP contribution in [0.15, 0.2) is 9.98 Å². The summed E-state index contributed by atoms with van der Waals surface area (Å²) in [7, 11) is 0. The minimum atomic E-state index is -0.778. The number of nitrogens with one attached hydrogen (secondary N) is 2. The molecular weight excluding hydrogens is 264 g/mol. The van der Waals surface area contributed by atoms with Gasteiger partial charge in [-0.05, 0) is 0 Å². The molecule has 1 amide bonds. The van der Waals surface area contributed by atoms with E-state index >= 15 is 0 Å². The molecule has 9 nitrogen and oxygen atoms in total. The fourth-order valence-corrected chi connectivity index (χ4v) is 2.31. The van der Waals surface area contributed by atoms with Crippen molar-refractivity contribution in [1.29, 1.82) is 5.41 Å². The summed E-state index contributed by atoms with van der Waals surface area (Å²) < 4.78 is 5.48. The highest BCUT2D eigenvalue weighted by atomic mass is 16.7. The second-order valence-electron chi connectivity index (χ2n) is 4.50. The lowest BCUT2D eigenvalue weighted by molar-refractivity contribution is -0.119. The number of nitrogens with zero attached hydrogens (tertiary/aromatic N) is 3. The zero-order chi connectivity index (χ0) is 13.6. The van der Waals surface area contributed by atoms with E-state index in [1.54, 1.807) is 0 Å². The van der Waals surface area contributed by atoms with Gasteiger partial charge in [-0.3, -0.25) is 25.4 Å². The quantitative estimate of drug-likeness (QED) is 0.419. The summed E-state index contributed by atoms with van der Waals surface area (Å²) in [6.07, 6.45) is -0.287. The number of aliphatic hydroxyl groups excluding tert-OH is 2. The largest absolute Gasteiger partial charge is 0.394 e. The molecular formula is C10H13N5O4. The van der Waals surface area contributed by atoms with E-state index in [0.717, 1.165) is 0 Å². The molecule has 102 valence electrons. The number of aliphatic imine (C=N–C) groups is 2. The Morgan fingerprint density at radius 1 is 1.63 bits per heavy atom. The lowest BCUT2D eigenvalue weighted by Crippen LogP contribution is -2.50. The van der Waals surface area contributed by atoms with Crippen LogP contribution in [-0.2, 0) is 9.53 Å². The lowest BCUT2D eigenvalue weighted by Gasteiger charge is -2.26. The van der Waals surface area contributed by atoms with Gasteiger partial charge in [0.05, 0.1) is 19.0 Å². The monoisotopic (exact) mass is 277 g/mol. The molecule has 19 heavy (non-hydrogen) atoms. The third-order valence-corrected chi connectivity index (χ3v) is 3.26. The Bertz CT molecular complexity index is 490. The van der Waals surface area contributed by atoms with Crippen LogP contribution in [0.5, 0.6) is 0 Å². The molecule has 0 saturated carbocycles. The van der Waals surface area contributed by atoms with Crippen molar-refractivity contribution in [3.05, 3.63) is 0 Å². The lowest BCUT2D eigenvalue weighted by atomic mass is 11.0. The zero-order valence-electron chi connectivity index (χ0n) is 9.85. The van der Waals surface area contributed by atoms with E-state index in [1.807, 2.05) is 0 Å². The SMILES string of the molecule is N=[13C]1N=[13C]2[13CH](N=[13CH]N2[13C@H]2[13CH2][13C@H](O)[13C@@H]([13CH2]O)O2)[13C](=O)N1. The fraction of sp³-hybridized carbons (Fsp3) is 0.600. The predicted octanol–water partition coefficient (Wildman–Crippen LogP) is -2.37. The Balaban J connectivity index is 1.82. The number of carbonyl (C=O) groups is 1. The number of amidine groups is 1. The molecule has 0 aromatic rings. The molecule has 0 aliphatic carbocycles. The maximum atomic E-state index is 11.6. The van der Waals surface area contributed by atoms with Crippen LogP contribution in [0.25, 0.3) is 0 Å². The third kappa shape index (κ3) is 1.91. The van der Waals surface area contributed by atoms with Gasteiger partial charge in [0.25, 0.3) is 5.91 Å². The number of guanidine groups is 1. The Labute approximate surface area is 108 Å². The van der Waals surface area contributed by atoms with Crippen LogP contribution in [0.4, 0.5) is 0 Å². The summed E-state index contributed by atoms with van der Waals surface area (Å²) in [6.45, 7) is -0.283. The van der Waals surface area contributed by atoms with Crippen molar-refractivity contribution in [2.45, 2.75) is 30.9 Å². The van der Waals surface area contributed by atoms with Crippen molar-refractivity contribution in [3.8, 4) is 0 Å². The molecule has 0 aromatic carbocycles. The maximum absolute atomic E-state index is 11.6. The second kappa shape index (κ2) is 4.37. The van der Waals surface area contributed by atoms with Gasteiger partial charge in [-0.1, -0.05) is 0 Å². The number of aliphatic hydroxyl groups is 2. The van der Waals surface area contributed by atoms with E-state index in [9.17, 15) is 9.90 Å². The first-order valence-electron chi connectivity index (χ1n) is 5.84. The molecule has 0 aromatic heterocycles. The average Bonchev–Trinajstić information content (AvgIpc) is 2.92. The number of fused-ring (bicyclic) bond motifs is 1. The van der Waals surface area contributed by atoms with Crippen LogP contribution in [0.3, 0.4) is 0 Å². The van der Waals surface area contributed by atoms with Crippen molar-refractivity contribution < 1.29 is 19.7 Å². The molecule has 0 bridgehead atoms. The first-order chi connectivity index (χ1) is 9.10. The molecule has 4 atom stereocenters. The third-order valence-electron chi connectivity index (χ3n) is 3.26. The standard InChI is InChI=1S/C10H13N5O4/c11-10-13-8-7(9(18)14-10)12-3-15(8)6-1-4(17)5(2-16)19-6/h3-7,16-17H,1-2H2,(H2,11,14,18)/t4-,5+,6+,7?/m0/s1/i1+1,2+1,3+1,4+1,5+1,6+1,7+1,8+1,9+1,10+1. The fourth-order valence-electron chi connectivity index (χ4n) is 2.31. The van der Waals surface area contributed by atoms with Crippen LogP contribution >= 0.6 is 0 Å². The van der Waals surface area contributed by atoms with Crippen LogP contribution in [0, 0.1) is 5.41 Å². The van der Waals surface area contributed by atoms with E-state index < -0.39 is 30.4 Å². The van der Waals surface area contributed by atoms with Crippen LogP contribution < -0.4 is 5.32 Å². The average molecular weight is 277 g/mol. The van der Waals surface area contributed by atoms with Crippen molar-refractivity contribution >= 4 is 24.0 Å². The van der Waals surface area contributed by atoms with Crippen LogP contribution in [0.1, 0.15) is 6.42 Å². The van der Waals surface area contributed by atoms with Gasteiger partial charge >= 0.3 is 0 Å². The number of hydrogen-bond donors (Lipinski definition) is 4. The molecule has 1 fully saturated rings. The number of ether oxygens (including phenoxy) is 1. The maximum Gasteiger partial charge on any atom is 0.259 e. The summed E-state index contributed by atoms with van der Waals surface area (Å²) in [6, 6.07) is -0.775. The Hall–Kier alpha value is -1.84. The molecule has 1 saturated heterocycles. The van der Waals surface area contributed by atoms with Gasteiger partial charge < -0.3 is 14.9 Å². The highest BCUT2D eigenvalue weighted by molar-refractivity contribution is 6.23. The van der Waals surface area contributed by atoms with Crippen molar-refractivity contribution in [2.24, 2.45) is 9.98 Å². The molecule has 4 N–H and O–H groups in total. The molecule has 3 aliphatic heterocycles. The highest BCUT2D eigenvalue weighted by Crippen LogP contribution is 2.26. The normalized spacial score (nSPS) is 37.4. The number of rotatable bonds is 2. The van der Waals surface area contributed by atoms with E-state index in [-0.39, 0.29) is 19.0 Å². The number of carbonyl (C=O) groups excluding carboxylic acids is 1. The smallest absolute Gasteiger partial charge is 0.259 e. The Morgan fingerprint density at radius 3 is 3.11 bits per heavy atom. The summed E-state index contributed by atoms with van der Waals surface area (Å²) in [5.74, 6) is -0.348. The second-order valence-corrected chi connectivity index (χ2v) is 4.50. The van der Waals surface area contributed by atoms with Gasteiger partial charge in [-0.25, -0.2) is 0 Å². The van der Waals surface area contributed by atoms with Crippen LogP contribution in [-0.4, -0.2) is 70.2 Å². The molecule has 3 aliphatic rings. The number of amides is 1. The zero-order valence-corrected chi connectivity index (χ0v) is 9.85. The van der Waals surface area contributed by atoms with Gasteiger partial charge in [0.2, 0.25) is 5.96 Å². The summed E-state index contributed by atoms with van der Waals surface area (Å²) in [5, 5.41) is 28.4. The van der Waals surface area contributed by atoms with Gasteiger partial charge in [0, 0.05) is 6.42 Å². The first kappa shape index (κ1) is 12.2. The molecule has 3 heterocycles. The molecule has 9 heteroatoms. The summed E-state index contributed by atoms with van der Waals surface area (Å²) in [4.78, 5) is 21.1. The first-order valence-corrected chi connectivity index (χ1v) is 5.84. The van der Waals surface area contributed by atoms with Crippen molar-refractivity contribution in [2.75, 3.05) is 6.61 Å². The minimum Gasteiger partial charge on any atom is -0.394 e. The van der Waals surface area contributed by atoms with Crippen molar-refractivity contribution in [1.82, 2.24) is 10.2 Å². The number of hydrogen-bond acceptors (Lipinski definition) is 7. The molecule has 0 radical (unpaired) electrons. The summed E-state index contributed by atoms with van der Waals surface area (Å²) in [5.41, 5.74) is 0. The van der Waals surface area contributed by atoms with E-state index in [0.29, 0.717) is 5.84 Å². The van der Waals surface area contributed by atoms with Gasteiger partial charge in [-0.2, -0.15) is 4.99 Å². The van der Waals surface area contributed by atoms with Crippen molar-refractivity contribution in [3.63, 3.8) is 0 Å². The van der Waals surface area contributed by atoms with E-state index in [2.05, 4.69) is 15.3 Å². The Kier molecular flexibility index (Phi) is 2.81. The van der Waals surface area contributed by atoms with E-state index in [4.69, 9.17) is 15.3 Å². The highest BCUT2D eigenvalue weighted by Gasteiger charge is 2.44. The predicted molar refractivity (Wildman–Crippen MR) is 63.8 cm³/mol. The molecule has 0 spiro atoms. The van der Waals surface area contributed by atoms with Crippen LogP contribution in [0.2, 0.25) is 0 Å². The van der Waals surface area contributed by atoms with Gasteiger partial charge in [-0.15, -0.1) is 0 Å². The minimum absolute atomic E-state index is 0.246. The summed E-state index contributed by atoms with van der Waals surface area (Å²) >= 11 is 0. The van der Waals surface area contributed by atoms with Gasteiger partial charge in [0.15, 0.2) is 11.9 Å². The van der Waals surface area contributed by atoms with E-state index in [1.165, 1.54) is 11.2 Å².